The Balaban J connectivity index is 1.99. The van der Waals surface area contributed by atoms with Crippen molar-refractivity contribution in [3.05, 3.63) is 43.9 Å². The predicted octanol–water partition coefficient (Wildman–Crippen LogP) is 3.11. The molecule has 3 rings (SSSR count). The minimum Gasteiger partial charge on any atom is -0.258 e. The van der Waals surface area contributed by atoms with Gasteiger partial charge in [-0.1, -0.05) is 11.6 Å². The van der Waals surface area contributed by atoms with Crippen LogP contribution in [0.4, 0.5) is 5.69 Å². The van der Waals surface area contributed by atoms with E-state index in [0.29, 0.717) is 11.0 Å². The summed E-state index contributed by atoms with van der Waals surface area (Å²) in [4.78, 5) is 20.8. The first-order chi connectivity index (χ1) is 9.95. The largest absolute Gasteiger partial charge is 0.307 e. The molecule has 9 heteroatoms. The van der Waals surface area contributed by atoms with E-state index < -0.39 is 4.92 Å². The number of hydrogen-bond acceptors (Lipinski definition) is 6. The number of fused-ring (bicyclic) bond motifs is 1. The van der Waals surface area contributed by atoms with Crippen LogP contribution >= 0.6 is 22.9 Å². The van der Waals surface area contributed by atoms with Gasteiger partial charge in [0.25, 0.3) is 0 Å². The molecule has 0 fully saturated rings. The van der Waals surface area contributed by atoms with E-state index in [9.17, 15) is 10.1 Å². The zero-order valence-electron chi connectivity index (χ0n) is 11.2. The van der Waals surface area contributed by atoms with Gasteiger partial charge in [0.15, 0.2) is 5.82 Å². The van der Waals surface area contributed by atoms with Gasteiger partial charge in [0.05, 0.1) is 10.3 Å². The molecule has 0 saturated heterocycles. The summed E-state index contributed by atoms with van der Waals surface area (Å²) < 4.78 is 1.42. The quantitative estimate of drug-likeness (QED) is 0.420. The molecule has 3 heterocycles. The summed E-state index contributed by atoms with van der Waals surface area (Å²) in [5.74, 6) is 0.478. The molecule has 3 aromatic rings. The van der Waals surface area contributed by atoms with E-state index >= 15 is 0 Å². The fourth-order valence-corrected chi connectivity index (χ4v) is 3.42. The lowest BCUT2D eigenvalue weighted by Gasteiger charge is -2.02. The average molecular weight is 324 g/mol. The third-order valence-electron chi connectivity index (χ3n) is 3.16. The van der Waals surface area contributed by atoms with Crippen molar-refractivity contribution in [2.75, 3.05) is 0 Å². The van der Waals surface area contributed by atoms with Crippen LogP contribution in [0.2, 0.25) is 5.15 Å². The SMILES string of the molecule is Cc1sc2nc(Cn3cc([N+](=O)[O-])cn3)nc(Cl)c2c1C. The lowest BCUT2D eigenvalue weighted by Crippen LogP contribution is -2.05. The van der Waals surface area contributed by atoms with E-state index in [1.54, 1.807) is 11.3 Å². The molecule has 108 valence electrons. The Hall–Kier alpha value is -2.06. The standard InChI is InChI=1S/C12H10ClN5O2S/c1-6-7(2)21-12-10(6)11(13)15-9(16-12)5-17-4-8(3-14-17)18(19)20/h3-4H,5H2,1-2H3. The van der Waals surface area contributed by atoms with E-state index in [-0.39, 0.29) is 12.2 Å². The van der Waals surface area contributed by atoms with Crippen molar-refractivity contribution in [3.63, 3.8) is 0 Å². The second kappa shape index (κ2) is 5.05. The normalized spacial score (nSPS) is 11.2. The van der Waals surface area contributed by atoms with Crippen LogP contribution in [0.1, 0.15) is 16.3 Å². The first-order valence-corrected chi connectivity index (χ1v) is 7.24. The zero-order valence-corrected chi connectivity index (χ0v) is 12.8. The molecule has 21 heavy (non-hydrogen) atoms. The molecule has 0 bridgehead atoms. The monoisotopic (exact) mass is 323 g/mol. The lowest BCUT2D eigenvalue weighted by molar-refractivity contribution is -0.385. The van der Waals surface area contributed by atoms with Gasteiger partial charge in [-0.05, 0) is 19.4 Å². The highest BCUT2D eigenvalue weighted by Crippen LogP contribution is 2.32. The third-order valence-corrected chi connectivity index (χ3v) is 4.54. The van der Waals surface area contributed by atoms with Crippen LogP contribution in [-0.4, -0.2) is 24.7 Å². The minimum absolute atomic E-state index is 0.0648. The van der Waals surface area contributed by atoms with Crippen molar-refractivity contribution in [2.24, 2.45) is 0 Å². The average Bonchev–Trinajstić information content (AvgIpc) is 2.96. The van der Waals surface area contributed by atoms with E-state index in [1.165, 1.54) is 17.1 Å². The topological polar surface area (TPSA) is 86.7 Å². The molecule has 0 atom stereocenters. The first-order valence-electron chi connectivity index (χ1n) is 6.04. The van der Waals surface area contributed by atoms with Crippen LogP contribution in [0, 0.1) is 24.0 Å². The smallest absolute Gasteiger partial charge is 0.258 e. The van der Waals surface area contributed by atoms with Crippen LogP contribution in [0.25, 0.3) is 10.2 Å². The Bertz CT molecular complexity index is 857. The van der Waals surface area contributed by atoms with Gasteiger partial charge in [-0.3, -0.25) is 14.8 Å². The molecule has 0 N–H and O–H groups in total. The van der Waals surface area contributed by atoms with Crippen molar-refractivity contribution in [2.45, 2.75) is 20.4 Å². The maximum Gasteiger partial charge on any atom is 0.307 e. The van der Waals surface area contributed by atoms with E-state index in [0.717, 1.165) is 20.7 Å². The maximum absolute atomic E-state index is 10.6. The third kappa shape index (κ3) is 2.47. The number of halogens is 1. The molecule has 3 aromatic heterocycles. The molecular weight excluding hydrogens is 314 g/mol. The summed E-state index contributed by atoms with van der Waals surface area (Å²) in [6.07, 6.45) is 2.53. The second-order valence-electron chi connectivity index (χ2n) is 4.55. The van der Waals surface area contributed by atoms with Crippen molar-refractivity contribution < 1.29 is 4.92 Å². The van der Waals surface area contributed by atoms with Crippen molar-refractivity contribution in [1.29, 1.82) is 0 Å². The molecule has 0 amide bonds. The molecule has 0 aliphatic heterocycles. The molecule has 0 aliphatic rings. The first kappa shape index (κ1) is 13.9. The molecule has 0 aliphatic carbocycles. The molecule has 0 saturated carbocycles. The van der Waals surface area contributed by atoms with Crippen LogP contribution < -0.4 is 0 Å². The van der Waals surface area contributed by atoms with Gasteiger partial charge in [0, 0.05) is 4.88 Å². The number of hydrogen-bond donors (Lipinski definition) is 0. The number of rotatable bonds is 3. The molecule has 7 nitrogen and oxygen atoms in total. The number of aromatic nitrogens is 4. The molecule has 0 unspecified atom stereocenters. The van der Waals surface area contributed by atoms with Crippen LogP contribution in [0.5, 0.6) is 0 Å². The van der Waals surface area contributed by atoms with Crippen molar-refractivity contribution in [1.82, 2.24) is 19.7 Å². The molecule has 0 radical (unpaired) electrons. The Morgan fingerprint density at radius 2 is 2.19 bits per heavy atom. The maximum atomic E-state index is 10.6. The summed E-state index contributed by atoms with van der Waals surface area (Å²) in [6, 6.07) is 0. The molecule has 0 spiro atoms. The van der Waals surface area contributed by atoms with Gasteiger partial charge in [-0.15, -0.1) is 11.3 Å². The second-order valence-corrected chi connectivity index (χ2v) is 6.11. The van der Waals surface area contributed by atoms with E-state index in [2.05, 4.69) is 15.1 Å². The van der Waals surface area contributed by atoms with E-state index in [4.69, 9.17) is 11.6 Å². The predicted molar refractivity (Wildman–Crippen MR) is 79.9 cm³/mol. The molecular formula is C12H10ClN5O2S. The lowest BCUT2D eigenvalue weighted by atomic mass is 10.2. The van der Waals surface area contributed by atoms with Gasteiger partial charge in [-0.25, -0.2) is 9.97 Å². The Labute approximate surface area is 128 Å². The van der Waals surface area contributed by atoms with Gasteiger partial charge in [0.1, 0.15) is 28.9 Å². The van der Waals surface area contributed by atoms with Crippen LogP contribution in [0.15, 0.2) is 12.4 Å². The van der Waals surface area contributed by atoms with Crippen LogP contribution in [-0.2, 0) is 6.54 Å². The zero-order chi connectivity index (χ0) is 15.1. The van der Waals surface area contributed by atoms with Crippen molar-refractivity contribution >= 4 is 38.8 Å². The van der Waals surface area contributed by atoms with Gasteiger partial charge < -0.3 is 0 Å². The summed E-state index contributed by atoms with van der Waals surface area (Å²) in [5.41, 5.74) is 1.02. The summed E-state index contributed by atoms with van der Waals surface area (Å²) in [6.45, 7) is 4.23. The summed E-state index contributed by atoms with van der Waals surface area (Å²) in [7, 11) is 0. The van der Waals surface area contributed by atoms with E-state index in [1.807, 2.05) is 13.8 Å². The van der Waals surface area contributed by atoms with Gasteiger partial charge in [-0.2, -0.15) is 5.10 Å². The number of thiophene rings is 1. The minimum atomic E-state index is -0.494. The summed E-state index contributed by atoms with van der Waals surface area (Å²) >= 11 is 7.77. The fraction of sp³-hybridized carbons (Fsp3) is 0.250. The molecule has 0 aromatic carbocycles. The fourth-order valence-electron chi connectivity index (χ4n) is 1.99. The highest BCUT2D eigenvalue weighted by Gasteiger charge is 2.15. The Morgan fingerprint density at radius 3 is 2.86 bits per heavy atom. The highest BCUT2D eigenvalue weighted by molar-refractivity contribution is 7.18. The van der Waals surface area contributed by atoms with Gasteiger partial charge in [0.2, 0.25) is 0 Å². The summed E-state index contributed by atoms with van der Waals surface area (Å²) in [5, 5.41) is 15.8. The van der Waals surface area contributed by atoms with Crippen LogP contribution in [0.3, 0.4) is 0 Å². The Morgan fingerprint density at radius 1 is 1.43 bits per heavy atom. The number of nitrogens with zero attached hydrogens (tertiary/aromatic N) is 5. The van der Waals surface area contributed by atoms with Gasteiger partial charge >= 0.3 is 5.69 Å². The Kier molecular flexibility index (Phi) is 3.34. The van der Waals surface area contributed by atoms with Crippen molar-refractivity contribution in [3.8, 4) is 0 Å². The highest BCUT2D eigenvalue weighted by atomic mass is 35.5. The number of aryl methyl sites for hydroxylation is 2. The number of nitro groups is 1.